The Balaban J connectivity index is 1.41. The summed E-state index contributed by atoms with van der Waals surface area (Å²) in [6.45, 7) is 0.341. The van der Waals surface area contributed by atoms with Crippen molar-refractivity contribution in [3.8, 4) is 23.0 Å². The molecule has 2 aromatic rings. The second-order valence-corrected chi connectivity index (χ2v) is 13.5. The number of benzene rings is 2. The average molecular weight is 799 g/mol. The molecule has 0 bridgehead atoms. The van der Waals surface area contributed by atoms with Crippen LogP contribution in [0.4, 0.5) is 0 Å². The van der Waals surface area contributed by atoms with Crippen molar-refractivity contribution in [3.05, 3.63) is 53.6 Å². The van der Waals surface area contributed by atoms with E-state index < -0.39 is 123 Å². The minimum atomic E-state index is -2.09. The number of rotatable bonds is 14. The van der Waals surface area contributed by atoms with Crippen LogP contribution in [0.15, 0.2) is 42.5 Å². The van der Waals surface area contributed by atoms with Gasteiger partial charge in [-0.25, -0.2) is 4.79 Å². The monoisotopic (exact) mass is 798 g/mol. The summed E-state index contributed by atoms with van der Waals surface area (Å²) in [7, 11) is 0. The maximum Gasteiger partial charge on any atom is 0.331 e. The first kappa shape index (κ1) is 43.0. The molecule has 0 unspecified atom stereocenters. The van der Waals surface area contributed by atoms with Gasteiger partial charge in [0.05, 0.1) is 25.9 Å². The molecule has 20 heteroatoms. The summed E-state index contributed by atoms with van der Waals surface area (Å²) in [6, 6.07) is 7.82. The van der Waals surface area contributed by atoms with Crippen molar-refractivity contribution in [1.82, 2.24) is 0 Å². The molecule has 0 aliphatic carbocycles. The molecular formula is C36H46O20. The topological polar surface area (TPSA) is 310 Å². The molecule has 20 nitrogen and oxygen atoms in total. The SMILES string of the molecule is CC(=O)OC[C@H]1O[C@@H](OCCc2ccc(O)c(O)c2)[C@H](O)[C@@H](O[C@@H]2O[C@@H](C)[C@H](O)[C@@H](O[C@@H]3OC[C@](O)(CO)[C@H]3O)[C@H]2O)[C@@H]1OC(=O)/C=C/c1ccc(O)c(O)c1. The number of hydrogen-bond donors (Lipinski definition) is 10. The highest BCUT2D eigenvalue weighted by Gasteiger charge is 2.55. The summed E-state index contributed by atoms with van der Waals surface area (Å²) < 4.78 is 45.4. The Morgan fingerprint density at radius 2 is 1.50 bits per heavy atom. The second kappa shape index (κ2) is 18.4. The maximum atomic E-state index is 13.2. The van der Waals surface area contributed by atoms with Gasteiger partial charge < -0.3 is 89.0 Å². The van der Waals surface area contributed by atoms with Gasteiger partial charge in [-0.15, -0.1) is 0 Å². The van der Waals surface area contributed by atoms with Crippen LogP contribution in [0.5, 0.6) is 23.0 Å². The Labute approximate surface area is 319 Å². The summed E-state index contributed by atoms with van der Waals surface area (Å²) in [4.78, 5) is 25.1. The molecule has 0 saturated carbocycles. The van der Waals surface area contributed by atoms with E-state index in [1.807, 2.05) is 0 Å². The Morgan fingerprint density at radius 1 is 0.839 bits per heavy atom. The predicted molar refractivity (Wildman–Crippen MR) is 183 cm³/mol. The van der Waals surface area contributed by atoms with E-state index in [4.69, 9.17) is 37.9 Å². The fourth-order valence-electron chi connectivity index (χ4n) is 6.15. The minimum absolute atomic E-state index is 0.135. The molecule has 10 N–H and O–H groups in total. The molecule has 3 aliphatic heterocycles. The number of aromatic hydroxyl groups is 4. The van der Waals surface area contributed by atoms with Crippen LogP contribution in [0.2, 0.25) is 0 Å². The summed E-state index contributed by atoms with van der Waals surface area (Å²) in [6.07, 6.45) is -17.3. The first-order chi connectivity index (χ1) is 26.5. The minimum Gasteiger partial charge on any atom is -0.504 e. The largest absolute Gasteiger partial charge is 0.504 e. The van der Waals surface area contributed by atoms with Gasteiger partial charge in [0.15, 0.2) is 48.0 Å². The molecule has 3 aliphatic rings. The van der Waals surface area contributed by atoms with Crippen LogP contribution in [0.25, 0.3) is 6.08 Å². The van der Waals surface area contributed by atoms with E-state index in [9.17, 15) is 60.7 Å². The summed E-state index contributed by atoms with van der Waals surface area (Å²) >= 11 is 0. The van der Waals surface area contributed by atoms with Crippen LogP contribution < -0.4 is 0 Å². The van der Waals surface area contributed by atoms with E-state index >= 15 is 0 Å². The van der Waals surface area contributed by atoms with Gasteiger partial charge in [-0.3, -0.25) is 4.79 Å². The van der Waals surface area contributed by atoms with E-state index in [0.29, 0.717) is 5.56 Å². The lowest BCUT2D eigenvalue weighted by atomic mass is 9.96. The first-order valence-electron chi connectivity index (χ1n) is 17.5. The Morgan fingerprint density at radius 3 is 2.14 bits per heavy atom. The molecule has 0 amide bonds. The number of carbonyl (C=O) groups is 2. The van der Waals surface area contributed by atoms with E-state index in [0.717, 1.165) is 13.0 Å². The van der Waals surface area contributed by atoms with Gasteiger partial charge in [-0.2, -0.15) is 0 Å². The van der Waals surface area contributed by atoms with Crippen molar-refractivity contribution in [1.29, 1.82) is 0 Å². The molecular weight excluding hydrogens is 752 g/mol. The van der Waals surface area contributed by atoms with Crippen LogP contribution in [-0.2, 0) is 53.9 Å². The number of phenols is 4. The fourth-order valence-corrected chi connectivity index (χ4v) is 6.15. The highest BCUT2D eigenvalue weighted by Crippen LogP contribution is 2.35. The van der Waals surface area contributed by atoms with Crippen molar-refractivity contribution in [2.24, 2.45) is 0 Å². The van der Waals surface area contributed by atoms with Crippen molar-refractivity contribution in [3.63, 3.8) is 0 Å². The zero-order valence-electron chi connectivity index (χ0n) is 30.1. The van der Waals surface area contributed by atoms with Crippen molar-refractivity contribution in [2.45, 2.75) is 99.7 Å². The van der Waals surface area contributed by atoms with Gasteiger partial charge in [-0.1, -0.05) is 12.1 Å². The quantitative estimate of drug-likeness (QED) is 0.0562. The van der Waals surface area contributed by atoms with Crippen molar-refractivity contribution >= 4 is 18.0 Å². The van der Waals surface area contributed by atoms with Crippen molar-refractivity contribution < 1.29 is 98.5 Å². The lowest BCUT2D eigenvalue weighted by Gasteiger charge is -2.47. The van der Waals surface area contributed by atoms with Gasteiger partial charge in [0.2, 0.25) is 0 Å². The summed E-state index contributed by atoms with van der Waals surface area (Å²) in [5, 5.41) is 103. The second-order valence-electron chi connectivity index (χ2n) is 13.5. The van der Waals surface area contributed by atoms with Gasteiger partial charge in [-0.05, 0) is 54.8 Å². The molecule has 3 heterocycles. The number of carbonyl (C=O) groups excluding carboxylic acids is 2. The number of hydrogen-bond acceptors (Lipinski definition) is 20. The van der Waals surface area contributed by atoms with E-state index in [2.05, 4.69) is 0 Å². The number of aliphatic hydroxyl groups is 6. The molecule has 0 aromatic heterocycles. The summed E-state index contributed by atoms with van der Waals surface area (Å²) in [5.74, 6) is -3.38. The average Bonchev–Trinajstić information content (AvgIpc) is 3.44. The lowest BCUT2D eigenvalue weighted by Crippen LogP contribution is -2.65. The maximum absolute atomic E-state index is 13.2. The van der Waals surface area contributed by atoms with Crippen LogP contribution in [0.1, 0.15) is 25.0 Å². The number of aliphatic hydroxyl groups excluding tert-OH is 5. The van der Waals surface area contributed by atoms with Crippen LogP contribution in [-0.4, -0.2) is 169 Å². The molecule has 310 valence electrons. The first-order valence-corrected chi connectivity index (χ1v) is 17.5. The number of phenolic OH excluding ortho intramolecular Hbond substituents is 4. The third-order valence-electron chi connectivity index (χ3n) is 9.39. The smallest absolute Gasteiger partial charge is 0.331 e. The number of esters is 2. The van der Waals surface area contributed by atoms with E-state index in [1.165, 1.54) is 49.4 Å². The Kier molecular flexibility index (Phi) is 14.1. The molecule has 3 saturated heterocycles. The molecule has 2 aromatic carbocycles. The fraction of sp³-hybridized carbons (Fsp3) is 0.556. The highest BCUT2D eigenvalue weighted by atomic mass is 16.8. The molecule has 56 heavy (non-hydrogen) atoms. The molecule has 3 fully saturated rings. The Bertz CT molecular complexity index is 1690. The zero-order valence-corrected chi connectivity index (χ0v) is 30.1. The molecule has 0 spiro atoms. The van der Waals surface area contributed by atoms with E-state index in [-0.39, 0.29) is 30.1 Å². The summed E-state index contributed by atoms with van der Waals surface area (Å²) in [5.41, 5.74) is -1.29. The third-order valence-corrected chi connectivity index (χ3v) is 9.39. The molecule has 13 atom stereocenters. The lowest BCUT2D eigenvalue weighted by molar-refractivity contribution is -0.366. The van der Waals surface area contributed by atoms with Gasteiger partial charge in [0, 0.05) is 13.0 Å². The van der Waals surface area contributed by atoms with Crippen molar-refractivity contribution in [2.75, 3.05) is 26.4 Å². The predicted octanol–water partition coefficient (Wildman–Crippen LogP) is -1.98. The van der Waals surface area contributed by atoms with Crippen LogP contribution in [0, 0.1) is 0 Å². The highest BCUT2D eigenvalue weighted by molar-refractivity contribution is 5.87. The van der Waals surface area contributed by atoms with Crippen LogP contribution in [0.3, 0.4) is 0 Å². The zero-order chi connectivity index (χ0) is 40.9. The van der Waals surface area contributed by atoms with Crippen LogP contribution >= 0.6 is 0 Å². The Hall–Kier alpha value is -4.16. The van der Waals surface area contributed by atoms with Gasteiger partial charge in [0.1, 0.15) is 54.9 Å². The third kappa shape index (κ3) is 10.0. The van der Waals surface area contributed by atoms with Gasteiger partial charge in [0.25, 0.3) is 0 Å². The van der Waals surface area contributed by atoms with Gasteiger partial charge >= 0.3 is 11.9 Å². The molecule has 5 rings (SSSR count). The normalized spacial score (nSPS) is 34.7. The van der Waals surface area contributed by atoms with E-state index in [1.54, 1.807) is 0 Å². The standard InChI is InChI=1S/C36H46O20/c1-16-26(44)30(55-35-32(47)36(48,14-37)15-51-35)27(45)34(52-16)56-31-28(46)33(49-10-9-19-4-7-21(40)23(42)12-19)53-24(13-50-17(2)38)29(31)54-25(43)8-5-18-3-6-20(39)22(41)11-18/h3-8,11-12,16,24,26-35,37,39-42,44-48H,9-10,13-15H2,1-2H3/b8-5+/t16-,24+,26-,27+,28+,29+,30+,31+,32-,33+,34-,35-,36+/m0/s1. The number of ether oxygens (including phenoxy) is 8. The molecule has 0 radical (unpaired) electrons.